The molecule has 9 heteroatoms. The predicted molar refractivity (Wildman–Crippen MR) is 134 cm³/mol. The SMILES string of the molecule is COc1cccc(CNc2nc(NC3CCC(N)CC3)nc3c2ncn3C2CCCC2)c1OC. The van der Waals surface area contributed by atoms with Crippen molar-refractivity contribution < 1.29 is 9.47 Å². The highest BCUT2D eigenvalue weighted by atomic mass is 16.5. The highest BCUT2D eigenvalue weighted by Crippen LogP contribution is 2.34. The van der Waals surface area contributed by atoms with Gasteiger partial charge in [0.1, 0.15) is 0 Å². The van der Waals surface area contributed by atoms with Crippen molar-refractivity contribution in [2.75, 3.05) is 24.9 Å². The van der Waals surface area contributed by atoms with Crippen molar-refractivity contribution >= 4 is 22.9 Å². The minimum absolute atomic E-state index is 0.306. The van der Waals surface area contributed by atoms with Crippen LogP contribution in [0.5, 0.6) is 11.5 Å². The molecule has 0 bridgehead atoms. The molecule has 2 aliphatic rings. The predicted octanol–water partition coefficient (Wildman–Crippen LogP) is 4.25. The van der Waals surface area contributed by atoms with Gasteiger partial charge in [0, 0.05) is 30.2 Å². The fourth-order valence-corrected chi connectivity index (χ4v) is 5.27. The molecule has 34 heavy (non-hydrogen) atoms. The fraction of sp³-hybridized carbons (Fsp3) is 0.560. The number of nitrogens with two attached hydrogens (primary N) is 1. The molecule has 4 N–H and O–H groups in total. The molecule has 2 fully saturated rings. The van der Waals surface area contributed by atoms with Crippen LogP contribution in [0.1, 0.15) is 63.0 Å². The summed E-state index contributed by atoms with van der Waals surface area (Å²) in [5.74, 6) is 2.80. The van der Waals surface area contributed by atoms with E-state index >= 15 is 0 Å². The number of para-hydroxylation sites is 1. The third-order valence-corrected chi connectivity index (χ3v) is 7.18. The lowest BCUT2D eigenvalue weighted by molar-refractivity contribution is 0.352. The monoisotopic (exact) mass is 465 g/mol. The Morgan fingerprint density at radius 3 is 2.56 bits per heavy atom. The quantitative estimate of drug-likeness (QED) is 0.453. The van der Waals surface area contributed by atoms with Gasteiger partial charge in [0.2, 0.25) is 5.95 Å². The summed E-state index contributed by atoms with van der Waals surface area (Å²) < 4.78 is 13.3. The Labute approximate surface area is 200 Å². The summed E-state index contributed by atoms with van der Waals surface area (Å²) in [5.41, 5.74) is 8.77. The summed E-state index contributed by atoms with van der Waals surface area (Å²) in [6.45, 7) is 0.528. The molecule has 0 saturated heterocycles. The Hall–Kier alpha value is -3.07. The number of hydrogen-bond donors (Lipinski definition) is 3. The van der Waals surface area contributed by atoms with E-state index < -0.39 is 0 Å². The van der Waals surface area contributed by atoms with E-state index in [1.54, 1.807) is 14.2 Å². The lowest BCUT2D eigenvalue weighted by Gasteiger charge is -2.27. The van der Waals surface area contributed by atoms with Crippen molar-refractivity contribution in [1.82, 2.24) is 19.5 Å². The van der Waals surface area contributed by atoms with Crippen LogP contribution in [0, 0.1) is 0 Å². The van der Waals surface area contributed by atoms with Gasteiger partial charge in [-0.05, 0) is 44.6 Å². The second-order valence-corrected chi connectivity index (χ2v) is 9.42. The van der Waals surface area contributed by atoms with Crippen molar-refractivity contribution in [3.8, 4) is 11.5 Å². The van der Waals surface area contributed by atoms with Crippen LogP contribution < -0.4 is 25.8 Å². The molecular formula is C25H35N7O2. The number of nitrogens with zero attached hydrogens (tertiary/aromatic N) is 4. The van der Waals surface area contributed by atoms with Gasteiger partial charge in [0.25, 0.3) is 0 Å². The molecule has 0 radical (unpaired) electrons. The van der Waals surface area contributed by atoms with Crippen molar-refractivity contribution in [2.24, 2.45) is 5.73 Å². The van der Waals surface area contributed by atoms with E-state index in [1.807, 2.05) is 24.5 Å². The number of rotatable bonds is 8. The molecule has 182 valence electrons. The summed E-state index contributed by atoms with van der Waals surface area (Å²) in [6.07, 6.45) is 10.9. The first-order valence-corrected chi connectivity index (χ1v) is 12.4. The summed E-state index contributed by atoms with van der Waals surface area (Å²) in [7, 11) is 3.31. The first kappa shape index (κ1) is 22.7. The molecule has 3 aromatic rings. The van der Waals surface area contributed by atoms with Crippen LogP contribution in [-0.4, -0.2) is 45.8 Å². The molecule has 0 spiro atoms. The van der Waals surface area contributed by atoms with Crippen LogP contribution in [0.2, 0.25) is 0 Å². The lowest BCUT2D eigenvalue weighted by Crippen LogP contribution is -2.33. The Morgan fingerprint density at radius 2 is 1.82 bits per heavy atom. The molecule has 2 aliphatic carbocycles. The van der Waals surface area contributed by atoms with Crippen LogP contribution in [-0.2, 0) is 6.54 Å². The molecule has 1 aromatic carbocycles. The fourth-order valence-electron chi connectivity index (χ4n) is 5.27. The number of benzene rings is 1. The molecule has 0 amide bonds. The second-order valence-electron chi connectivity index (χ2n) is 9.42. The number of anilines is 2. The maximum Gasteiger partial charge on any atom is 0.227 e. The first-order valence-electron chi connectivity index (χ1n) is 12.4. The van der Waals surface area contributed by atoms with Crippen molar-refractivity contribution in [1.29, 1.82) is 0 Å². The van der Waals surface area contributed by atoms with Gasteiger partial charge >= 0.3 is 0 Å². The van der Waals surface area contributed by atoms with Crippen LogP contribution in [0.15, 0.2) is 24.5 Å². The topological polar surface area (TPSA) is 112 Å². The Morgan fingerprint density at radius 1 is 1.03 bits per heavy atom. The smallest absolute Gasteiger partial charge is 0.227 e. The third-order valence-electron chi connectivity index (χ3n) is 7.18. The van der Waals surface area contributed by atoms with E-state index in [4.69, 9.17) is 30.2 Å². The van der Waals surface area contributed by atoms with E-state index in [9.17, 15) is 0 Å². The average molecular weight is 466 g/mol. The molecule has 9 nitrogen and oxygen atoms in total. The number of nitrogens with one attached hydrogen (secondary N) is 2. The maximum absolute atomic E-state index is 6.10. The number of hydrogen-bond acceptors (Lipinski definition) is 8. The summed E-state index contributed by atoms with van der Waals surface area (Å²) in [6, 6.07) is 6.98. The van der Waals surface area contributed by atoms with E-state index in [0.29, 0.717) is 36.4 Å². The molecule has 0 aliphatic heterocycles. The van der Waals surface area contributed by atoms with Gasteiger partial charge in [-0.3, -0.25) is 0 Å². The largest absolute Gasteiger partial charge is 0.493 e. The zero-order chi connectivity index (χ0) is 23.5. The maximum atomic E-state index is 6.10. The van der Waals surface area contributed by atoms with Crippen LogP contribution in [0.25, 0.3) is 11.2 Å². The van der Waals surface area contributed by atoms with Gasteiger partial charge in [-0.2, -0.15) is 9.97 Å². The standard InChI is InChI=1S/C25H35N7O2/c1-33-20-9-5-6-16(22(20)34-2)14-27-23-21-24(32(15-28-21)19-7-3-4-8-19)31-25(30-23)29-18-12-10-17(26)11-13-18/h5-6,9,15,17-19H,3-4,7-8,10-14,26H2,1-2H3,(H2,27,29,30,31). The van der Waals surface area contributed by atoms with Gasteiger partial charge in [-0.15, -0.1) is 0 Å². The van der Waals surface area contributed by atoms with E-state index in [1.165, 1.54) is 25.7 Å². The normalized spacial score (nSPS) is 21.0. The Balaban J connectivity index is 1.46. The van der Waals surface area contributed by atoms with Gasteiger partial charge in [0.15, 0.2) is 28.5 Å². The van der Waals surface area contributed by atoms with Crippen LogP contribution in [0.3, 0.4) is 0 Å². The van der Waals surface area contributed by atoms with Crippen molar-refractivity contribution in [3.63, 3.8) is 0 Å². The summed E-state index contributed by atoms with van der Waals surface area (Å²) in [4.78, 5) is 14.5. The van der Waals surface area contributed by atoms with Crippen molar-refractivity contribution in [3.05, 3.63) is 30.1 Å². The molecule has 2 heterocycles. The van der Waals surface area contributed by atoms with Crippen molar-refractivity contribution in [2.45, 2.75) is 76.0 Å². The summed E-state index contributed by atoms with van der Waals surface area (Å²) >= 11 is 0. The first-order chi connectivity index (χ1) is 16.7. The Bertz CT molecular complexity index is 1120. The highest BCUT2D eigenvalue weighted by molar-refractivity contribution is 5.84. The minimum Gasteiger partial charge on any atom is -0.493 e. The molecule has 2 saturated carbocycles. The zero-order valence-electron chi connectivity index (χ0n) is 20.1. The Kier molecular flexibility index (Phi) is 6.71. The molecule has 5 rings (SSSR count). The third kappa shape index (κ3) is 4.61. The number of imidazole rings is 1. The number of aromatic nitrogens is 4. The van der Waals surface area contributed by atoms with Gasteiger partial charge in [-0.1, -0.05) is 25.0 Å². The van der Waals surface area contributed by atoms with Gasteiger partial charge < -0.3 is 30.4 Å². The molecule has 2 aromatic heterocycles. The second kappa shape index (κ2) is 10.0. The van der Waals surface area contributed by atoms with Gasteiger partial charge in [-0.25, -0.2) is 4.98 Å². The molecule has 0 unspecified atom stereocenters. The molecule has 0 atom stereocenters. The van der Waals surface area contributed by atoms with E-state index in [2.05, 4.69) is 15.2 Å². The lowest BCUT2D eigenvalue weighted by atomic mass is 9.92. The number of ether oxygens (including phenoxy) is 2. The average Bonchev–Trinajstić information content (AvgIpc) is 3.53. The minimum atomic E-state index is 0.306. The number of fused-ring (bicyclic) bond motifs is 1. The van der Waals surface area contributed by atoms with Gasteiger partial charge in [0.05, 0.1) is 20.5 Å². The summed E-state index contributed by atoms with van der Waals surface area (Å²) in [5, 5.41) is 7.07. The molecular weight excluding hydrogens is 430 g/mol. The van der Waals surface area contributed by atoms with E-state index in [0.717, 1.165) is 54.0 Å². The highest BCUT2D eigenvalue weighted by Gasteiger charge is 2.24. The van der Waals surface area contributed by atoms with Crippen LogP contribution in [0.4, 0.5) is 11.8 Å². The number of methoxy groups -OCH3 is 2. The van der Waals surface area contributed by atoms with E-state index in [-0.39, 0.29) is 0 Å². The van der Waals surface area contributed by atoms with Crippen LogP contribution >= 0.6 is 0 Å². The zero-order valence-corrected chi connectivity index (χ0v) is 20.1.